The van der Waals surface area contributed by atoms with E-state index in [0.29, 0.717) is 6.42 Å². The molecule has 4 N–H and O–H groups in total. The van der Waals surface area contributed by atoms with Gasteiger partial charge in [-0.05, 0) is 92.4 Å². The first kappa shape index (κ1) is 44.9. The molecular formula is C38H48N2O18. The minimum Gasteiger partial charge on any atom is -0.504 e. The average Bonchev–Trinajstić information content (AvgIpc) is 3.41. The number of hydrogen-bond donors (Lipinski definition) is 4. The van der Waals surface area contributed by atoms with Crippen LogP contribution in [0.25, 0.3) is 0 Å². The van der Waals surface area contributed by atoms with E-state index in [9.17, 15) is 59.5 Å². The smallest absolute Gasteiger partial charge is 0.504 e. The van der Waals surface area contributed by atoms with Crippen molar-refractivity contribution in [1.82, 2.24) is 0 Å². The van der Waals surface area contributed by atoms with Crippen molar-refractivity contribution in [3.05, 3.63) is 61.7 Å². The number of rotatable bonds is 16. The maximum atomic E-state index is 13.7. The number of allylic oxidation sites excluding steroid dienone is 4. The number of phenolic OH excluding ortho intramolecular Hbond substituents is 2. The molecule has 0 aliphatic heterocycles. The fraction of sp³-hybridized carbons (Fsp3) is 0.605. The first-order valence-electron chi connectivity index (χ1n) is 18.8. The summed E-state index contributed by atoms with van der Waals surface area (Å²) in [6.07, 6.45) is 6.44. The maximum absolute atomic E-state index is 13.7. The van der Waals surface area contributed by atoms with Gasteiger partial charge < -0.3 is 44.3 Å². The minimum atomic E-state index is -1.34. The van der Waals surface area contributed by atoms with E-state index in [0.717, 1.165) is 37.0 Å². The lowest BCUT2D eigenvalue weighted by Crippen LogP contribution is -2.56. The van der Waals surface area contributed by atoms with Crippen molar-refractivity contribution in [2.45, 2.75) is 78.2 Å². The summed E-state index contributed by atoms with van der Waals surface area (Å²) >= 11 is 0. The number of fused-ring (bicyclic) bond motifs is 5. The molecule has 3 fully saturated rings. The van der Waals surface area contributed by atoms with Crippen LogP contribution in [0.3, 0.4) is 0 Å². The number of carbonyl (C=O) groups excluding carboxylic acids is 4. The van der Waals surface area contributed by atoms with Gasteiger partial charge in [-0.1, -0.05) is 32.4 Å². The number of carboxylic acid groups (broad SMARTS) is 1. The molecule has 4 aliphatic carbocycles. The molecule has 8 atom stereocenters. The lowest BCUT2D eigenvalue weighted by Gasteiger charge is -2.58. The number of esters is 1. The van der Waals surface area contributed by atoms with Gasteiger partial charge in [-0.25, -0.2) is 9.59 Å². The Kier molecular flexibility index (Phi) is 14.8. The van der Waals surface area contributed by atoms with Crippen LogP contribution in [0.15, 0.2) is 35.9 Å². The molecule has 4 aliphatic rings. The van der Waals surface area contributed by atoms with Gasteiger partial charge in [-0.3, -0.25) is 14.4 Å². The topological polar surface area (TPSA) is 299 Å². The third-order valence-electron chi connectivity index (χ3n) is 11.7. The number of unbranched alkanes of at least 4 members (excludes halogenated alkanes) is 1. The van der Waals surface area contributed by atoms with Crippen molar-refractivity contribution in [2.24, 2.45) is 40.4 Å². The molecule has 3 saturated carbocycles. The minimum absolute atomic E-state index is 0.0377. The van der Waals surface area contributed by atoms with Gasteiger partial charge in [-0.15, -0.1) is 20.2 Å². The van der Waals surface area contributed by atoms with E-state index in [1.54, 1.807) is 12.2 Å². The number of nitrogens with zero attached hydrogens (tertiary/aromatic N) is 2. The molecule has 318 valence electrons. The lowest BCUT2D eigenvalue weighted by atomic mass is 9.46. The Morgan fingerprint density at radius 1 is 0.966 bits per heavy atom. The number of aliphatic hydroxyl groups is 1. The molecule has 0 heterocycles. The van der Waals surface area contributed by atoms with Gasteiger partial charge in [0.25, 0.3) is 10.2 Å². The Balaban J connectivity index is 0.000000657. The molecule has 0 aromatic heterocycles. The second-order valence-electron chi connectivity index (χ2n) is 15.4. The van der Waals surface area contributed by atoms with Crippen molar-refractivity contribution >= 4 is 29.7 Å². The number of aliphatic hydroxyl groups excluding tert-OH is 1. The zero-order chi connectivity index (χ0) is 42.9. The SMILES string of the molecule is C[C@@H]1CC2C3CCC4=CC(=O)C=CC4(C)C3C(O)CC2(C)C1C(=O)COC(=O)Oc1cc(C(=O)OCCCCO[N+](=O)[O-])cc(O)c1O.O=C(O)CCCO[N+](=O)[O-]. The fourth-order valence-electron chi connectivity index (χ4n) is 9.46. The quantitative estimate of drug-likeness (QED) is 0.0445. The molecule has 20 nitrogen and oxygen atoms in total. The normalized spacial score (nSPS) is 27.9. The number of phenols is 2. The Labute approximate surface area is 331 Å². The Hall–Kier alpha value is -5.79. The van der Waals surface area contributed by atoms with Crippen LogP contribution < -0.4 is 4.74 Å². The van der Waals surface area contributed by atoms with Crippen LogP contribution >= 0.6 is 0 Å². The van der Waals surface area contributed by atoms with Crippen LogP contribution in [-0.2, 0) is 33.5 Å². The van der Waals surface area contributed by atoms with Crippen LogP contribution in [0.2, 0.25) is 0 Å². The molecule has 20 heteroatoms. The molecule has 0 bridgehead atoms. The number of hydrogen-bond acceptors (Lipinski definition) is 17. The fourth-order valence-corrected chi connectivity index (χ4v) is 9.46. The van der Waals surface area contributed by atoms with Crippen LogP contribution in [0.1, 0.15) is 82.5 Å². The standard InChI is InChI=1S/C34H41NO13.C4H7NO5/c1-18-12-23-22-7-6-20-15-21(36)8-9-33(20,2)29(22)25(38)16-34(23,3)28(18)26(39)17-46-32(42)48-27-14-19(13-24(37)30(27)40)31(41)45-10-4-5-11-47-35(43)44;6-4(7)2-1-3-10-5(8)9/h8-9,13-15,18,22-23,25,28-29,37-38,40H,4-7,10-12,16-17H2,1-3H3;1-3H2,(H,6,7)/t18-,22?,23?,25?,28?,29?,33?,34?;/m1./s1. The van der Waals surface area contributed by atoms with E-state index >= 15 is 0 Å². The van der Waals surface area contributed by atoms with E-state index in [-0.39, 0.29) is 86.3 Å². The molecule has 7 unspecified atom stereocenters. The first-order chi connectivity index (χ1) is 27.3. The summed E-state index contributed by atoms with van der Waals surface area (Å²) in [7, 11) is 0. The van der Waals surface area contributed by atoms with Gasteiger partial charge in [-0.2, -0.15) is 0 Å². The average molecular weight is 821 g/mol. The summed E-state index contributed by atoms with van der Waals surface area (Å²) in [6, 6.07) is 1.87. The van der Waals surface area contributed by atoms with Crippen LogP contribution in [-0.4, -0.2) is 92.8 Å². The third-order valence-corrected chi connectivity index (χ3v) is 11.7. The Morgan fingerprint density at radius 3 is 2.28 bits per heavy atom. The number of ketones is 2. The molecule has 1 aromatic carbocycles. The molecule has 0 radical (unpaired) electrons. The van der Waals surface area contributed by atoms with Crippen molar-refractivity contribution in [2.75, 3.05) is 26.4 Å². The summed E-state index contributed by atoms with van der Waals surface area (Å²) in [6.45, 7) is 5.05. The van der Waals surface area contributed by atoms with Gasteiger partial charge in [0.15, 0.2) is 29.7 Å². The van der Waals surface area contributed by atoms with Crippen molar-refractivity contribution < 1.29 is 78.5 Å². The van der Waals surface area contributed by atoms with E-state index in [4.69, 9.17) is 19.3 Å². The highest BCUT2D eigenvalue weighted by atomic mass is 17.0. The largest absolute Gasteiger partial charge is 0.514 e. The van der Waals surface area contributed by atoms with Gasteiger partial charge in [0.1, 0.15) is 0 Å². The second kappa shape index (κ2) is 19.1. The number of carboxylic acids is 1. The zero-order valence-corrected chi connectivity index (χ0v) is 32.2. The van der Waals surface area contributed by atoms with E-state index in [1.165, 1.54) is 0 Å². The van der Waals surface area contributed by atoms with Crippen LogP contribution in [0.5, 0.6) is 17.2 Å². The van der Waals surface area contributed by atoms with Gasteiger partial charge in [0, 0.05) is 23.7 Å². The predicted molar refractivity (Wildman–Crippen MR) is 195 cm³/mol. The number of benzene rings is 1. The van der Waals surface area contributed by atoms with Gasteiger partial charge in [0.2, 0.25) is 5.75 Å². The molecule has 0 amide bonds. The molecule has 1 aromatic rings. The van der Waals surface area contributed by atoms with E-state index in [1.807, 2.05) is 19.9 Å². The van der Waals surface area contributed by atoms with Crippen molar-refractivity contribution in [3.63, 3.8) is 0 Å². The third kappa shape index (κ3) is 10.6. The number of aromatic hydroxyl groups is 2. The van der Waals surface area contributed by atoms with Crippen LogP contribution in [0, 0.1) is 60.6 Å². The molecule has 58 heavy (non-hydrogen) atoms. The van der Waals surface area contributed by atoms with Gasteiger partial charge >= 0.3 is 18.1 Å². The summed E-state index contributed by atoms with van der Waals surface area (Å²) in [4.78, 5) is 88.3. The highest BCUT2D eigenvalue weighted by Gasteiger charge is 2.64. The van der Waals surface area contributed by atoms with E-state index in [2.05, 4.69) is 16.6 Å². The molecular weight excluding hydrogens is 772 g/mol. The molecule has 0 spiro atoms. The monoisotopic (exact) mass is 820 g/mol. The first-order valence-corrected chi connectivity index (χ1v) is 18.8. The summed E-state index contributed by atoms with van der Waals surface area (Å²) < 4.78 is 15.2. The summed E-state index contributed by atoms with van der Waals surface area (Å²) in [5.41, 5.74) is -0.189. The highest BCUT2D eigenvalue weighted by molar-refractivity contribution is 6.01. The zero-order valence-electron chi connectivity index (χ0n) is 32.2. The molecule has 0 saturated heterocycles. The number of Topliss-reactive ketones (excluding diaryl/α,β-unsaturated/α-hetero) is 1. The Morgan fingerprint density at radius 2 is 1.62 bits per heavy atom. The predicted octanol–water partition coefficient (Wildman–Crippen LogP) is 4.53. The van der Waals surface area contributed by atoms with Crippen LogP contribution in [0.4, 0.5) is 4.79 Å². The number of ether oxygens (including phenoxy) is 3. The summed E-state index contributed by atoms with van der Waals surface area (Å²) in [5.74, 6) is -4.82. The second-order valence-corrected chi connectivity index (χ2v) is 15.4. The molecule has 5 rings (SSSR count). The van der Waals surface area contributed by atoms with E-state index < -0.39 is 75.0 Å². The highest BCUT2D eigenvalue weighted by Crippen LogP contribution is 2.67. The van der Waals surface area contributed by atoms with Gasteiger partial charge in [0.05, 0.1) is 31.5 Å². The number of aliphatic carboxylic acids is 1. The maximum Gasteiger partial charge on any atom is 0.514 e. The lowest BCUT2D eigenvalue weighted by molar-refractivity contribution is -0.757. The Bertz CT molecular complexity index is 1810. The van der Waals surface area contributed by atoms with Crippen molar-refractivity contribution in [3.8, 4) is 17.2 Å². The number of carbonyl (C=O) groups is 5. The summed E-state index contributed by atoms with van der Waals surface area (Å²) in [5, 5.41) is 57.8. The van der Waals surface area contributed by atoms with Crippen molar-refractivity contribution in [1.29, 1.82) is 0 Å².